The lowest BCUT2D eigenvalue weighted by Gasteiger charge is -2.69. The Morgan fingerprint density at radius 1 is 1.00 bits per heavy atom. The number of aliphatic hydroxyl groups is 3. The van der Waals surface area contributed by atoms with Gasteiger partial charge in [0.1, 0.15) is 23.4 Å². The first-order valence-corrected chi connectivity index (χ1v) is 20.8. The van der Waals surface area contributed by atoms with Gasteiger partial charge in [-0.3, -0.25) is 24.2 Å². The van der Waals surface area contributed by atoms with Crippen LogP contribution >= 0.6 is 0 Å². The lowest BCUT2D eigenvalue weighted by atomic mass is 9.34. The van der Waals surface area contributed by atoms with Crippen molar-refractivity contribution >= 4 is 35.4 Å². The molecule has 7 rings (SSSR count). The van der Waals surface area contributed by atoms with Crippen LogP contribution in [0.3, 0.4) is 0 Å². The molecule has 12 unspecified atom stereocenters. The summed E-state index contributed by atoms with van der Waals surface area (Å²) >= 11 is 0. The van der Waals surface area contributed by atoms with E-state index >= 15 is 4.79 Å². The van der Waals surface area contributed by atoms with E-state index in [0.29, 0.717) is 17.6 Å². The Labute approximate surface area is 335 Å². The van der Waals surface area contributed by atoms with E-state index in [1.54, 1.807) is 12.2 Å². The monoisotopic (exact) mass is 783 g/mol. The zero-order valence-corrected chi connectivity index (χ0v) is 34.2. The summed E-state index contributed by atoms with van der Waals surface area (Å²) in [6, 6.07) is 9.78. The molecule has 12 atom stereocenters. The predicted molar refractivity (Wildman–Crippen MR) is 216 cm³/mol. The number of aliphatic hydroxyl groups excluding tert-OH is 1. The largest absolute Gasteiger partial charge is 0.481 e. The summed E-state index contributed by atoms with van der Waals surface area (Å²) < 4.78 is 0. The number of aliphatic imine (C=N–C) groups is 1. The van der Waals surface area contributed by atoms with E-state index in [0.717, 1.165) is 31.2 Å². The number of rotatable bonds is 11. The van der Waals surface area contributed by atoms with Crippen molar-refractivity contribution in [2.24, 2.45) is 79.5 Å². The highest BCUT2D eigenvalue weighted by molar-refractivity contribution is 6.02. The molecule has 8 N–H and O–H groups in total. The van der Waals surface area contributed by atoms with Gasteiger partial charge in [0.2, 0.25) is 0 Å². The van der Waals surface area contributed by atoms with Crippen molar-refractivity contribution in [1.29, 1.82) is 0 Å². The van der Waals surface area contributed by atoms with E-state index in [4.69, 9.17) is 11.5 Å². The second kappa shape index (κ2) is 13.8. The standard InChI is InChI=1S/C46H61N3O8/c1-25(29(24-49-40(47)48)36(53)35(52)26(2)39(54)55)31-22-44(56)20-21-46(57)30(17-16-27-12-8-7-9-13-27)37-41(3,4)33(51)18-19-42(37,5)34-32(50)23-45(31,28-14-10-11-15-28)43(44,6)38(34)46/h7-9,12-13,16-17,20-21,25-26,28-31,36-37,53,56-57H,10-11,14-15,18-19,22-24H2,1-6H3,(H,54,55)(H4,47,48,49). The molecule has 0 bridgehead atoms. The molecule has 1 aromatic rings. The Bertz CT molecular complexity index is 1980. The fourth-order valence-corrected chi connectivity index (χ4v) is 13.9. The van der Waals surface area contributed by atoms with Crippen LogP contribution in [0.5, 0.6) is 0 Å². The van der Waals surface area contributed by atoms with Crippen LogP contribution in [0.4, 0.5) is 0 Å². The van der Waals surface area contributed by atoms with Crippen LogP contribution in [0.2, 0.25) is 0 Å². The normalized spacial score (nSPS) is 39.0. The molecule has 3 saturated carbocycles. The number of benzene rings is 1. The lowest BCUT2D eigenvalue weighted by Crippen LogP contribution is -2.70. The number of nitrogens with two attached hydrogens (primary N) is 2. The Morgan fingerprint density at radius 2 is 1.65 bits per heavy atom. The molecule has 0 aliphatic heterocycles. The topological polar surface area (TPSA) is 214 Å². The van der Waals surface area contributed by atoms with Gasteiger partial charge in [-0.25, -0.2) is 0 Å². The van der Waals surface area contributed by atoms with E-state index in [-0.39, 0.29) is 49.3 Å². The number of allylic oxidation sites excluding steroid dienone is 1. The van der Waals surface area contributed by atoms with Gasteiger partial charge in [0.15, 0.2) is 17.5 Å². The molecular weight excluding hydrogens is 723 g/mol. The summed E-state index contributed by atoms with van der Waals surface area (Å²) in [5.41, 5.74) is 6.45. The Hall–Kier alpha value is -3.93. The molecule has 11 heteroatoms. The first-order valence-electron chi connectivity index (χ1n) is 20.8. The molecule has 11 nitrogen and oxygen atoms in total. The summed E-state index contributed by atoms with van der Waals surface area (Å²) in [5, 5.41) is 48.6. The van der Waals surface area contributed by atoms with Crippen molar-refractivity contribution in [3.8, 4) is 0 Å². The van der Waals surface area contributed by atoms with Gasteiger partial charge >= 0.3 is 5.97 Å². The molecule has 0 saturated heterocycles. The Morgan fingerprint density at radius 3 is 2.26 bits per heavy atom. The number of carbonyl (C=O) groups is 4. The molecule has 0 radical (unpaired) electrons. The number of hydrogen-bond donors (Lipinski definition) is 6. The third-order valence-corrected chi connectivity index (χ3v) is 16.6. The number of hydrogen-bond acceptors (Lipinski definition) is 8. The third-order valence-electron chi connectivity index (χ3n) is 16.6. The summed E-state index contributed by atoms with van der Waals surface area (Å²) in [4.78, 5) is 59.2. The van der Waals surface area contributed by atoms with Crippen LogP contribution in [-0.4, -0.2) is 73.6 Å². The first kappa shape index (κ1) is 41.2. The number of Topliss-reactive ketones (excluding diaryl/α,β-unsaturated/α-hetero) is 3. The van der Waals surface area contributed by atoms with E-state index in [9.17, 15) is 34.8 Å². The molecule has 308 valence electrons. The molecular formula is C46H61N3O8. The van der Waals surface area contributed by atoms with Gasteiger partial charge in [-0.2, -0.15) is 0 Å². The molecule has 3 fully saturated rings. The van der Waals surface area contributed by atoms with Crippen LogP contribution in [0.1, 0.15) is 98.5 Å². The van der Waals surface area contributed by atoms with Crippen molar-refractivity contribution in [1.82, 2.24) is 0 Å². The zero-order chi connectivity index (χ0) is 41.7. The van der Waals surface area contributed by atoms with Gasteiger partial charge in [0.05, 0.1) is 5.60 Å². The minimum absolute atomic E-state index is 0.0551. The smallest absolute Gasteiger partial charge is 0.313 e. The Balaban J connectivity index is 1.48. The number of carbonyl (C=O) groups excluding carboxylic acids is 3. The van der Waals surface area contributed by atoms with Crippen molar-refractivity contribution in [2.75, 3.05) is 6.54 Å². The number of fused-ring (bicyclic) bond motifs is 2. The number of ketones is 3. The van der Waals surface area contributed by atoms with Gasteiger partial charge in [-0.15, -0.1) is 0 Å². The second-order valence-corrected chi connectivity index (χ2v) is 19.4. The number of guanidine groups is 1. The molecule has 6 aliphatic rings. The average molecular weight is 784 g/mol. The van der Waals surface area contributed by atoms with Crippen LogP contribution < -0.4 is 11.5 Å². The molecule has 0 spiro atoms. The fraction of sp³-hybridized carbons (Fsp3) is 0.630. The molecule has 0 heterocycles. The second-order valence-electron chi connectivity index (χ2n) is 19.4. The number of carboxylic acid groups (broad SMARTS) is 1. The van der Waals surface area contributed by atoms with Gasteiger partial charge in [-0.05, 0) is 78.9 Å². The predicted octanol–water partition coefficient (Wildman–Crippen LogP) is 5.02. The van der Waals surface area contributed by atoms with Crippen molar-refractivity contribution < 1.29 is 39.6 Å². The van der Waals surface area contributed by atoms with Crippen molar-refractivity contribution in [3.05, 3.63) is 65.3 Å². The summed E-state index contributed by atoms with van der Waals surface area (Å²) in [7, 11) is 0. The average Bonchev–Trinajstić information content (AvgIpc) is 3.77. The van der Waals surface area contributed by atoms with Gasteiger partial charge in [0.25, 0.3) is 0 Å². The molecule has 57 heavy (non-hydrogen) atoms. The summed E-state index contributed by atoms with van der Waals surface area (Å²) in [6.45, 7) is 11.0. The number of nitrogens with zero attached hydrogens (tertiary/aromatic N) is 1. The van der Waals surface area contributed by atoms with Crippen LogP contribution in [0, 0.1) is 63.1 Å². The highest BCUT2D eigenvalue weighted by Gasteiger charge is 2.81. The highest BCUT2D eigenvalue weighted by Crippen LogP contribution is 2.80. The van der Waals surface area contributed by atoms with E-state index in [2.05, 4.69) is 11.9 Å². The summed E-state index contributed by atoms with van der Waals surface area (Å²) in [6.07, 6.45) is 10.1. The fourth-order valence-electron chi connectivity index (χ4n) is 13.9. The maximum Gasteiger partial charge on any atom is 0.313 e. The van der Waals surface area contributed by atoms with Crippen LogP contribution in [0.25, 0.3) is 6.08 Å². The van der Waals surface area contributed by atoms with E-state index in [1.807, 2.05) is 70.2 Å². The number of carboxylic acids is 1. The van der Waals surface area contributed by atoms with E-state index in [1.165, 1.54) is 6.92 Å². The maximum atomic E-state index is 15.6. The lowest BCUT2D eigenvalue weighted by molar-refractivity contribution is -0.170. The SMILES string of the molecule is CC(C(=O)O)C(=O)C(O)C(CN=C(N)N)C(C)C1CC2(O)C=CC3(O)C4=C(C(=O)CC1(C1CCCC1)C42C)C1(C)CCC(=O)C(C)(C)C1C3C=Cc1ccccc1. The van der Waals surface area contributed by atoms with Crippen LogP contribution in [-0.2, 0) is 19.2 Å². The molecule has 0 aromatic heterocycles. The maximum absolute atomic E-state index is 15.6. The quantitative estimate of drug-likeness (QED) is 0.0763. The van der Waals surface area contributed by atoms with Gasteiger partial charge < -0.3 is 31.9 Å². The van der Waals surface area contributed by atoms with E-state index < -0.39 is 86.2 Å². The van der Waals surface area contributed by atoms with Crippen LogP contribution in [0.15, 0.2) is 64.7 Å². The molecule has 0 amide bonds. The third kappa shape index (κ3) is 5.64. The summed E-state index contributed by atoms with van der Waals surface area (Å²) in [5.74, 6) is -7.16. The first-order chi connectivity index (χ1) is 26.6. The minimum atomic E-state index is -1.75. The Kier molecular flexibility index (Phi) is 10.0. The highest BCUT2D eigenvalue weighted by atomic mass is 16.4. The van der Waals surface area contributed by atoms with Crippen molar-refractivity contribution in [2.45, 2.75) is 110 Å². The van der Waals surface area contributed by atoms with Crippen molar-refractivity contribution in [3.63, 3.8) is 0 Å². The van der Waals surface area contributed by atoms with Gasteiger partial charge in [-0.1, -0.05) is 96.0 Å². The molecule has 1 aromatic carbocycles. The minimum Gasteiger partial charge on any atom is -0.481 e. The molecule has 6 aliphatic carbocycles. The zero-order valence-electron chi connectivity index (χ0n) is 34.2. The number of aliphatic carboxylic acids is 1. The van der Waals surface area contributed by atoms with Gasteiger partial charge in [0, 0.05) is 53.0 Å².